The van der Waals surface area contributed by atoms with Gasteiger partial charge in [-0.15, -0.1) is 0 Å². The maximum atomic E-state index is 13.3. The third-order valence-electron chi connectivity index (χ3n) is 5.80. The summed E-state index contributed by atoms with van der Waals surface area (Å²) < 4.78 is 34.9. The number of methoxy groups -OCH3 is 1. The highest BCUT2D eigenvalue weighted by atomic mass is 32.2. The summed E-state index contributed by atoms with van der Waals surface area (Å²) in [5.41, 5.74) is 1.18. The molecule has 166 valence electrons. The molecular formula is C21H25N3O5S2. The number of fused-ring (bicyclic) bond motifs is 4. The number of piperidine rings is 1. The molecule has 0 saturated carbocycles. The molecule has 1 aromatic heterocycles. The number of hydrogen-bond acceptors (Lipinski definition) is 6. The van der Waals surface area contributed by atoms with E-state index in [1.54, 1.807) is 34.9 Å². The number of nitrogens with one attached hydrogen (secondary N) is 1. The first-order valence-electron chi connectivity index (χ1n) is 10.00. The molecule has 2 aromatic rings. The average Bonchev–Trinajstić information content (AvgIpc) is 2.75. The molecule has 0 spiro atoms. The molecule has 4 rings (SSSR count). The molecule has 2 aliphatic heterocycles. The van der Waals surface area contributed by atoms with Crippen LogP contribution in [0.25, 0.3) is 0 Å². The molecular weight excluding hydrogens is 438 g/mol. The second-order valence-corrected chi connectivity index (χ2v) is 10.7. The van der Waals surface area contributed by atoms with Crippen molar-refractivity contribution in [3.63, 3.8) is 0 Å². The van der Waals surface area contributed by atoms with Gasteiger partial charge in [0, 0.05) is 37.3 Å². The number of amides is 1. The normalized spacial score (nSPS) is 20.7. The predicted molar refractivity (Wildman–Crippen MR) is 120 cm³/mol. The van der Waals surface area contributed by atoms with Crippen molar-refractivity contribution < 1.29 is 17.9 Å². The highest BCUT2D eigenvalue weighted by Gasteiger charge is 2.40. The lowest BCUT2D eigenvalue weighted by atomic mass is 9.83. The average molecular weight is 464 g/mol. The van der Waals surface area contributed by atoms with E-state index < -0.39 is 10.0 Å². The highest BCUT2D eigenvalue weighted by molar-refractivity contribution is 7.99. The van der Waals surface area contributed by atoms with Crippen LogP contribution in [-0.2, 0) is 21.4 Å². The van der Waals surface area contributed by atoms with Crippen molar-refractivity contribution in [2.45, 2.75) is 23.8 Å². The number of ether oxygens (including phenoxy) is 1. The Labute approximate surface area is 185 Å². The van der Waals surface area contributed by atoms with Crippen molar-refractivity contribution in [3.8, 4) is 5.75 Å². The van der Waals surface area contributed by atoms with Crippen LogP contribution in [-0.4, -0.2) is 55.4 Å². The minimum absolute atomic E-state index is 0.0362. The van der Waals surface area contributed by atoms with E-state index in [-0.39, 0.29) is 34.7 Å². The van der Waals surface area contributed by atoms with Crippen LogP contribution in [0.3, 0.4) is 0 Å². The molecule has 1 N–H and O–H groups in total. The molecule has 2 atom stereocenters. The zero-order valence-electron chi connectivity index (χ0n) is 17.4. The Balaban J connectivity index is 1.66. The number of carbonyl (C=O) groups is 1. The van der Waals surface area contributed by atoms with E-state index in [9.17, 15) is 18.0 Å². The fourth-order valence-electron chi connectivity index (χ4n) is 4.49. The van der Waals surface area contributed by atoms with E-state index in [0.717, 1.165) is 6.42 Å². The Morgan fingerprint density at radius 1 is 1.16 bits per heavy atom. The molecule has 1 fully saturated rings. The molecule has 2 bridgehead atoms. The predicted octanol–water partition coefficient (Wildman–Crippen LogP) is 1.97. The van der Waals surface area contributed by atoms with Gasteiger partial charge < -0.3 is 14.6 Å². The fraction of sp³-hybridized carbons (Fsp3) is 0.429. The summed E-state index contributed by atoms with van der Waals surface area (Å²) in [7, 11) is -2.15. The van der Waals surface area contributed by atoms with Gasteiger partial charge in [0.1, 0.15) is 5.75 Å². The van der Waals surface area contributed by atoms with E-state index in [1.807, 2.05) is 6.26 Å². The number of pyridine rings is 1. The number of hydrogen-bond donors (Lipinski definition) is 1. The van der Waals surface area contributed by atoms with E-state index in [4.69, 9.17) is 4.74 Å². The number of anilines is 1. The van der Waals surface area contributed by atoms with Gasteiger partial charge >= 0.3 is 0 Å². The lowest BCUT2D eigenvalue weighted by Crippen LogP contribution is -2.49. The number of benzene rings is 1. The van der Waals surface area contributed by atoms with Gasteiger partial charge in [-0.1, -0.05) is 0 Å². The Kier molecular flexibility index (Phi) is 6.14. The maximum Gasteiger partial charge on any atom is 0.250 e. The Bertz CT molecular complexity index is 1140. The number of sulfonamides is 1. The summed E-state index contributed by atoms with van der Waals surface area (Å²) in [5.74, 6) is 0.625. The van der Waals surface area contributed by atoms with Gasteiger partial charge in [-0.05, 0) is 48.9 Å². The fourth-order valence-corrected chi connectivity index (χ4v) is 6.38. The number of rotatable bonds is 6. The first-order valence-corrected chi connectivity index (χ1v) is 12.8. The van der Waals surface area contributed by atoms with Crippen molar-refractivity contribution in [2.75, 3.05) is 37.5 Å². The molecule has 0 aliphatic carbocycles. The molecule has 0 unspecified atom stereocenters. The monoisotopic (exact) mass is 463 g/mol. The second kappa shape index (κ2) is 8.68. The molecule has 2 aliphatic rings. The zero-order chi connectivity index (χ0) is 22.2. The molecule has 8 nitrogen and oxygen atoms in total. The first kappa shape index (κ1) is 21.9. The number of thioether (sulfide) groups is 1. The Morgan fingerprint density at radius 2 is 1.90 bits per heavy atom. The van der Waals surface area contributed by atoms with Crippen LogP contribution >= 0.6 is 11.8 Å². The topological polar surface area (TPSA) is 97.7 Å². The number of nitrogens with zero attached hydrogens (tertiary/aromatic N) is 2. The van der Waals surface area contributed by atoms with Crippen LogP contribution in [0.15, 0.2) is 46.1 Å². The van der Waals surface area contributed by atoms with Crippen molar-refractivity contribution >= 4 is 33.4 Å². The third kappa shape index (κ3) is 4.24. The van der Waals surface area contributed by atoms with E-state index in [1.165, 1.54) is 29.2 Å². The summed E-state index contributed by atoms with van der Waals surface area (Å²) in [5, 5.41) is 2.90. The van der Waals surface area contributed by atoms with E-state index in [0.29, 0.717) is 36.0 Å². The molecule has 10 heteroatoms. The van der Waals surface area contributed by atoms with Gasteiger partial charge in [-0.3, -0.25) is 9.59 Å². The first-order chi connectivity index (χ1) is 14.8. The van der Waals surface area contributed by atoms with Crippen molar-refractivity contribution in [1.82, 2.24) is 8.87 Å². The zero-order valence-corrected chi connectivity index (χ0v) is 19.0. The Morgan fingerprint density at radius 3 is 2.58 bits per heavy atom. The SMILES string of the molecule is COc1ccc(S(=O)(=O)N2C[C@@H]3C[C@H](C2)c2c(NC(=O)CSC)ccc(=O)n2C3)cc1. The van der Waals surface area contributed by atoms with Gasteiger partial charge in [-0.2, -0.15) is 16.1 Å². The van der Waals surface area contributed by atoms with E-state index in [2.05, 4.69) is 5.32 Å². The maximum absolute atomic E-state index is 13.3. The molecule has 1 saturated heterocycles. The van der Waals surface area contributed by atoms with Crippen LogP contribution in [0, 0.1) is 5.92 Å². The largest absolute Gasteiger partial charge is 0.497 e. The van der Waals surface area contributed by atoms with Gasteiger partial charge in [-0.25, -0.2) is 8.42 Å². The molecule has 3 heterocycles. The summed E-state index contributed by atoms with van der Waals surface area (Å²) in [6, 6.07) is 9.45. The van der Waals surface area contributed by atoms with Crippen LogP contribution in [0.2, 0.25) is 0 Å². The molecule has 31 heavy (non-hydrogen) atoms. The third-order valence-corrected chi connectivity index (χ3v) is 8.20. The van der Waals surface area contributed by atoms with Gasteiger partial charge in [0.15, 0.2) is 0 Å². The second-order valence-electron chi connectivity index (χ2n) is 7.86. The summed E-state index contributed by atoms with van der Waals surface area (Å²) in [6.07, 6.45) is 2.63. The van der Waals surface area contributed by atoms with Gasteiger partial charge in [0.2, 0.25) is 15.9 Å². The number of aromatic nitrogens is 1. The quantitative estimate of drug-likeness (QED) is 0.703. The summed E-state index contributed by atoms with van der Waals surface area (Å²) >= 11 is 1.41. The van der Waals surface area contributed by atoms with E-state index >= 15 is 0 Å². The highest BCUT2D eigenvalue weighted by Crippen LogP contribution is 2.40. The minimum Gasteiger partial charge on any atom is -0.497 e. The standard InChI is InChI=1S/C21H25N3O5S2/c1-29-16-3-5-17(6-4-16)31(27,28)23-10-14-9-15(12-23)21-18(22-19(25)13-30-2)7-8-20(26)24(21)11-14/h3-8,14-15H,9-13H2,1-2H3,(H,22,25)/t14-,15+/m0/s1. The molecule has 1 amide bonds. The number of carbonyl (C=O) groups excluding carboxylic acids is 1. The molecule has 0 radical (unpaired) electrons. The molecule has 1 aromatic carbocycles. The Hall–Kier alpha value is -2.30. The van der Waals surface area contributed by atoms with Crippen LogP contribution < -0.4 is 15.6 Å². The van der Waals surface area contributed by atoms with Gasteiger partial charge in [0.25, 0.3) is 5.56 Å². The summed E-state index contributed by atoms with van der Waals surface area (Å²) in [4.78, 5) is 24.9. The van der Waals surface area contributed by atoms with Crippen molar-refractivity contribution in [1.29, 1.82) is 0 Å². The van der Waals surface area contributed by atoms with Gasteiger partial charge in [0.05, 0.1) is 23.4 Å². The minimum atomic E-state index is -3.69. The van der Waals surface area contributed by atoms with Crippen LogP contribution in [0.1, 0.15) is 18.0 Å². The smallest absolute Gasteiger partial charge is 0.250 e. The van der Waals surface area contributed by atoms with Crippen LogP contribution in [0.4, 0.5) is 5.69 Å². The van der Waals surface area contributed by atoms with Crippen LogP contribution in [0.5, 0.6) is 5.75 Å². The lowest BCUT2D eigenvalue weighted by Gasteiger charge is -2.42. The van der Waals surface area contributed by atoms with Crippen molar-refractivity contribution in [2.24, 2.45) is 5.92 Å². The lowest BCUT2D eigenvalue weighted by molar-refractivity contribution is -0.113. The summed E-state index contributed by atoms with van der Waals surface area (Å²) in [6.45, 7) is 1.06. The van der Waals surface area contributed by atoms with Crippen molar-refractivity contribution in [3.05, 3.63) is 52.4 Å².